The van der Waals surface area contributed by atoms with E-state index in [0.717, 1.165) is 31.1 Å². The summed E-state index contributed by atoms with van der Waals surface area (Å²) >= 11 is 0. The zero-order chi connectivity index (χ0) is 13.9. The Hall–Kier alpha value is -1.55. The van der Waals surface area contributed by atoms with Crippen LogP contribution in [-0.2, 0) is 11.3 Å². The second kappa shape index (κ2) is 5.83. The number of benzene rings is 1. The van der Waals surface area contributed by atoms with Gasteiger partial charge < -0.3 is 15.0 Å². The monoisotopic (exact) mass is 274 g/mol. The van der Waals surface area contributed by atoms with Crippen molar-refractivity contribution in [3.8, 4) is 0 Å². The molecular weight excluding hydrogens is 252 g/mol. The molecule has 20 heavy (non-hydrogen) atoms. The lowest BCUT2D eigenvalue weighted by atomic mass is 9.95. The molecule has 1 N–H and O–H groups in total. The number of nitrogens with zero attached hydrogens (tertiary/aromatic N) is 1. The molecule has 0 radical (unpaired) electrons. The molecule has 1 aromatic rings. The number of carbonyl (C=O) groups is 1. The Balaban J connectivity index is 1.36. The highest BCUT2D eigenvalue weighted by Gasteiger charge is 2.48. The van der Waals surface area contributed by atoms with Gasteiger partial charge in [0.25, 0.3) is 0 Å². The third-order valence-electron chi connectivity index (χ3n) is 4.28. The van der Waals surface area contributed by atoms with Gasteiger partial charge in [-0.05, 0) is 30.4 Å². The first-order chi connectivity index (χ1) is 9.78. The van der Waals surface area contributed by atoms with Crippen molar-refractivity contribution in [3.63, 3.8) is 0 Å². The van der Waals surface area contributed by atoms with Crippen LogP contribution in [-0.4, -0.2) is 36.7 Å². The predicted octanol–water partition coefficient (Wildman–Crippen LogP) is 2.25. The molecule has 2 aliphatic rings. The molecule has 0 spiro atoms. The fourth-order valence-electron chi connectivity index (χ4n) is 2.98. The van der Waals surface area contributed by atoms with Crippen LogP contribution in [0.2, 0.25) is 0 Å². The molecule has 0 bridgehead atoms. The van der Waals surface area contributed by atoms with Crippen molar-refractivity contribution in [3.05, 3.63) is 35.9 Å². The molecule has 1 aliphatic carbocycles. The van der Waals surface area contributed by atoms with Crippen LogP contribution in [0.4, 0.5) is 4.79 Å². The average Bonchev–Trinajstić information content (AvgIpc) is 3.15. The van der Waals surface area contributed by atoms with Gasteiger partial charge in [0.1, 0.15) is 6.61 Å². The fourth-order valence-corrected chi connectivity index (χ4v) is 2.98. The minimum absolute atomic E-state index is 0.175. The highest BCUT2D eigenvalue weighted by Crippen LogP contribution is 2.41. The van der Waals surface area contributed by atoms with E-state index in [2.05, 4.69) is 12.2 Å². The molecule has 1 aromatic carbocycles. The van der Waals surface area contributed by atoms with Gasteiger partial charge in [0.15, 0.2) is 0 Å². The van der Waals surface area contributed by atoms with E-state index in [1.54, 1.807) is 0 Å². The van der Waals surface area contributed by atoms with E-state index in [-0.39, 0.29) is 6.09 Å². The highest BCUT2D eigenvalue weighted by atomic mass is 16.6. The van der Waals surface area contributed by atoms with E-state index >= 15 is 0 Å². The molecule has 3 rings (SSSR count). The maximum atomic E-state index is 11.9. The lowest BCUT2D eigenvalue weighted by Gasteiger charge is -2.38. The van der Waals surface area contributed by atoms with Crippen LogP contribution in [0, 0.1) is 11.8 Å². The molecule has 2 atom stereocenters. The quantitative estimate of drug-likeness (QED) is 0.895. The molecule has 1 amide bonds. The van der Waals surface area contributed by atoms with Gasteiger partial charge in [-0.15, -0.1) is 0 Å². The first kappa shape index (κ1) is 13.4. The number of carbonyl (C=O) groups excluding carboxylic acids is 1. The van der Waals surface area contributed by atoms with Crippen molar-refractivity contribution >= 4 is 6.09 Å². The fraction of sp³-hybridized carbons (Fsp3) is 0.562. The van der Waals surface area contributed by atoms with Crippen LogP contribution in [0.5, 0.6) is 0 Å². The molecule has 108 valence electrons. The molecule has 2 fully saturated rings. The van der Waals surface area contributed by atoms with Crippen molar-refractivity contribution in [2.75, 3.05) is 19.6 Å². The Labute approximate surface area is 120 Å². The van der Waals surface area contributed by atoms with Crippen molar-refractivity contribution < 1.29 is 9.53 Å². The van der Waals surface area contributed by atoms with Gasteiger partial charge in [0.2, 0.25) is 0 Å². The van der Waals surface area contributed by atoms with Gasteiger partial charge in [-0.25, -0.2) is 4.79 Å². The summed E-state index contributed by atoms with van der Waals surface area (Å²) in [4.78, 5) is 13.7. The van der Waals surface area contributed by atoms with Gasteiger partial charge >= 0.3 is 6.09 Å². The Bertz CT molecular complexity index is 457. The zero-order valence-corrected chi connectivity index (χ0v) is 11.9. The number of ether oxygens (including phenoxy) is 1. The number of hydrogen-bond acceptors (Lipinski definition) is 3. The molecule has 1 saturated heterocycles. The lowest BCUT2D eigenvalue weighted by Crippen LogP contribution is -2.51. The van der Waals surface area contributed by atoms with Gasteiger partial charge in [-0.2, -0.15) is 0 Å². The topological polar surface area (TPSA) is 41.6 Å². The summed E-state index contributed by atoms with van der Waals surface area (Å²) in [7, 11) is 0. The summed E-state index contributed by atoms with van der Waals surface area (Å²) in [6, 6.07) is 10.5. The van der Waals surface area contributed by atoms with Crippen LogP contribution in [0.15, 0.2) is 30.3 Å². The summed E-state index contributed by atoms with van der Waals surface area (Å²) in [5.74, 6) is 1.44. The maximum Gasteiger partial charge on any atom is 0.410 e. The van der Waals surface area contributed by atoms with Crippen LogP contribution in [0.1, 0.15) is 18.9 Å². The van der Waals surface area contributed by atoms with Crippen LogP contribution in [0.25, 0.3) is 0 Å². The third-order valence-corrected chi connectivity index (χ3v) is 4.28. The number of amides is 1. The summed E-state index contributed by atoms with van der Waals surface area (Å²) in [6.45, 7) is 5.27. The van der Waals surface area contributed by atoms with Crippen molar-refractivity contribution in [2.45, 2.75) is 26.0 Å². The first-order valence-electron chi connectivity index (χ1n) is 7.47. The lowest BCUT2D eigenvalue weighted by molar-refractivity contribution is 0.0423. The molecule has 0 aromatic heterocycles. The molecule has 2 unspecified atom stereocenters. The van der Waals surface area contributed by atoms with Crippen LogP contribution < -0.4 is 5.32 Å². The average molecular weight is 274 g/mol. The van der Waals surface area contributed by atoms with E-state index in [9.17, 15) is 4.79 Å². The number of rotatable bonds is 5. The van der Waals surface area contributed by atoms with Crippen LogP contribution in [0.3, 0.4) is 0 Å². The van der Waals surface area contributed by atoms with Crippen LogP contribution >= 0.6 is 0 Å². The Kier molecular flexibility index (Phi) is 3.92. The van der Waals surface area contributed by atoms with E-state index in [1.807, 2.05) is 35.2 Å². The van der Waals surface area contributed by atoms with Crippen molar-refractivity contribution in [1.82, 2.24) is 10.2 Å². The van der Waals surface area contributed by atoms with E-state index < -0.39 is 0 Å². The summed E-state index contributed by atoms with van der Waals surface area (Å²) < 4.78 is 5.33. The van der Waals surface area contributed by atoms with Gasteiger partial charge in [-0.3, -0.25) is 0 Å². The molecule has 4 heteroatoms. The van der Waals surface area contributed by atoms with Gasteiger partial charge in [0.05, 0.1) is 0 Å². The SMILES string of the molecule is CCNC1CC1C1CN(C(=O)OCc2ccccc2)C1. The maximum absolute atomic E-state index is 11.9. The second-order valence-electron chi connectivity index (χ2n) is 5.77. The summed E-state index contributed by atoms with van der Waals surface area (Å²) in [5.41, 5.74) is 1.03. The van der Waals surface area contributed by atoms with E-state index in [0.29, 0.717) is 18.6 Å². The molecule has 4 nitrogen and oxygen atoms in total. The van der Waals surface area contributed by atoms with Gasteiger partial charge in [0, 0.05) is 19.1 Å². The molecular formula is C16H22N2O2. The Morgan fingerprint density at radius 2 is 2.10 bits per heavy atom. The first-order valence-corrected chi connectivity index (χ1v) is 7.47. The van der Waals surface area contributed by atoms with E-state index in [4.69, 9.17) is 4.74 Å². The smallest absolute Gasteiger partial charge is 0.410 e. The van der Waals surface area contributed by atoms with E-state index in [1.165, 1.54) is 6.42 Å². The van der Waals surface area contributed by atoms with Crippen molar-refractivity contribution in [1.29, 1.82) is 0 Å². The largest absolute Gasteiger partial charge is 0.445 e. The minimum atomic E-state index is -0.175. The normalized spacial score (nSPS) is 25.1. The Morgan fingerprint density at radius 3 is 2.80 bits per heavy atom. The van der Waals surface area contributed by atoms with Crippen molar-refractivity contribution in [2.24, 2.45) is 11.8 Å². The summed E-state index contributed by atoms with van der Waals surface area (Å²) in [5, 5.41) is 3.47. The summed E-state index contributed by atoms with van der Waals surface area (Å²) in [6.07, 6.45) is 1.09. The second-order valence-corrected chi connectivity index (χ2v) is 5.77. The molecule has 1 aliphatic heterocycles. The highest BCUT2D eigenvalue weighted by molar-refractivity contribution is 5.68. The number of hydrogen-bond donors (Lipinski definition) is 1. The van der Waals surface area contributed by atoms with Gasteiger partial charge in [-0.1, -0.05) is 37.3 Å². The molecule has 1 saturated carbocycles. The molecule has 1 heterocycles. The number of nitrogens with one attached hydrogen (secondary N) is 1. The number of likely N-dealkylation sites (tertiary alicyclic amines) is 1. The minimum Gasteiger partial charge on any atom is -0.445 e. The Morgan fingerprint density at radius 1 is 1.35 bits per heavy atom. The standard InChI is InChI=1S/C16H22N2O2/c1-2-17-15-8-14(15)13-9-18(10-13)16(19)20-11-12-6-4-3-5-7-12/h3-7,13-15,17H,2,8-11H2,1H3. The predicted molar refractivity (Wildman–Crippen MR) is 77.3 cm³/mol. The zero-order valence-electron chi connectivity index (χ0n) is 11.9. The third kappa shape index (κ3) is 2.96.